The van der Waals surface area contributed by atoms with Crippen LogP contribution in [0.15, 0.2) is 55.3 Å². The van der Waals surface area contributed by atoms with Crippen LogP contribution in [0.2, 0.25) is 0 Å². The predicted octanol–water partition coefficient (Wildman–Crippen LogP) is 6.04. The molecule has 3 nitrogen and oxygen atoms in total. The molecule has 0 spiro atoms. The van der Waals surface area contributed by atoms with Gasteiger partial charge in [0.2, 0.25) is 0 Å². The summed E-state index contributed by atoms with van der Waals surface area (Å²) in [5, 5.41) is 0. The van der Waals surface area contributed by atoms with Crippen LogP contribution < -0.4 is 9.80 Å². The lowest BCUT2D eigenvalue weighted by molar-refractivity contribution is 0.112. The Labute approximate surface area is 163 Å². The van der Waals surface area contributed by atoms with Crippen molar-refractivity contribution in [2.45, 2.75) is 65.1 Å². The fraction of sp³-hybridized carbons (Fsp3) is 0.458. The first-order chi connectivity index (χ1) is 13.0. The van der Waals surface area contributed by atoms with E-state index in [1.807, 2.05) is 6.20 Å². The molecule has 142 valence electrons. The number of allylic oxidation sites excluding steroid dienone is 1. The zero-order valence-electron chi connectivity index (χ0n) is 17.2. The summed E-state index contributed by atoms with van der Waals surface area (Å²) in [4.78, 5) is 9.90. The van der Waals surface area contributed by atoms with E-state index in [1.165, 1.54) is 16.9 Å². The monoisotopic (exact) mass is 361 g/mol. The molecule has 0 N–H and O–H groups in total. The second kappa shape index (κ2) is 6.12. The summed E-state index contributed by atoms with van der Waals surface area (Å²) in [6, 6.07) is 13.5. The number of aromatic nitrogens is 1. The van der Waals surface area contributed by atoms with Gasteiger partial charge in [0.05, 0.1) is 5.69 Å². The van der Waals surface area contributed by atoms with Gasteiger partial charge in [0.15, 0.2) is 5.82 Å². The van der Waals surface area contributed by atoms with Crippen molar-refractivity contribution in [3.8, 4) is 0 Å². The highest BCUT2D eigenvalue weighted by atomic mass is 15.5. The smallest absolute Gasteiger partial charge is 0.158 e. The van der Waals surface area contributed by atoms with Crippen LogP contribution in [0.1, 0.15) is 53.0 Å². The second-order valence-corrected chi connectivity index (χ2v) is 8.41. The van der Waals surface area contributed by atoms with Crippen molar-refractivity contribution < 1.29 is 0 Å². The topological polar surface area (TPSA) is 19.4 Å². The van der Waals surface area contributed by atoms with Crippen LogP contribution in [0, 0.1) is 5.41 Å². The normalized spacial score (nSPS) is 28.7. The number of benzene rings is 1. The molecule has 3 unspecified atom stereocenters. The molecule has 1 aromatic carbocycles. The fourth-order valence-corrected chi connectivity index (χ4v) is 5.72. The Bertz CT molecular complexity index is 873. The van der Waals surface area contributed by atoms with Gasteiger partial charge in [0, 0.05) is 28.8 Å². The van der Waals surface area contributed by atoms with Gasteiger partial charge in [-0.1, -0.05) is 45.0 Å². The summed E-state index contributed by atoms with van der Waals surface area (Å²) in [6.45, 7) is 16.0. The SMILES string of the molecule is C=CC1(CC)c2ccccc2N2c3ncccc3N(C(C)C)C2C1(C)CC. The Hall–Kier alpha value is -2.29. The maximum Gasteiger partial charge on any atom is 0.158 e. The molecule has 3 heterocycles. The van der Waals surface area contributed by atoms with Gasteiger partial charge in [-0.05, 0) is 50.5 Å². The third kappa shape index (κ3) is 2.06. The van der Waals surface area contributed by atoms with Crippen LogP contribution >= 0.6 is 0 Å². The Morgan fingerprint density at radius 3 is 2.44 bits per heavy atom. The number of hydrogen-bond donors (Lipinski definition) is 0. The molecule has 0 radical (unpaired) electrons. The maximum absolute atomic E-state index is 4.83. The van der Waals surface area contributed by atoms with Gasteiger partial charge in [-0.2, -0.15) is 0 Å². The largest absolute Gasteiger partial charge is 0.345 e. The van der Waals surface area contributed by atoms with Crippen molar-refractivity contribution in [3.05, 3.63) is 60.8 Å². The number of nitrogens with zero attached hydrogens (tertiary/aromatic N) is 3. The summed E-state index contributed by atoms with van der Waals surface area (Å²) < 4.78 is 0. The highest BCUT2D eigenvalue weighted by Gasteiger charge is 2.61. The van der Waals surface area contributed by atoms with Crippen molar-refractivity contribution in [1.82, 2.24) is 4.98 Å². The highest BCUT2D eigenvalue weighted by molar-refractivity contribution is 5.85. The molecule has 0 amide bonds. The molecule has 1 aromatic heterocycles. The third-order valence-corrected chi connectivity index (χ3v) is 7.21. The zero-order valence-corrected chi connectivity index (χ0v) is 17.2. The average molecular weight is 362 g/mol. The first-order valence-electron chi connectivity index (χ1n) is 10.2. The summed E-state index contributed by atoms with van der Waals surface area (Å²) in [5.41, 5.74) is 3.82. The first-order valence-corrected chi connectivity index (χ1v) is 10.2. The lowest BCUT2D eigenvalue weighted by atomic mass is 9.54. The van der Waals surface area contributed by atoms with E-state index >= 15 is 0 Å². The number of para-hydroxylation sites is 1. The van der Waals surface area contributed by atoms with Crippen molar-refractivity contribution in [2.75, 3.05) is 9.80 Å². The van der Waals surface area contributed by atoms with Gasteiger partial charge >= 0.3 is 0 Å². The molecule has 0 saturated carbocycles. The molecular weight excluding hydrogens is 330 g/mol. The van der Waals surface area contributed by atoms with Gasteiger partial charge in [0.25, 0.3) is 0 Å². The standard InChI is InChI=1S/C24H31N3/c1-7-23(6)22-26(17(4)5)20-15-12-16-25-21(20)27(22)19-14-11-10-13-18(19)24(23,8-2)9-3/h8,10-17,22H,2,7,9H2,1,3-6H3. The number of fused-ring (bicyclic) bond motifs is 5. The van der Waals surface area contributed by atoms with Crippen molar-refractivity contribution >= 4 is 17.2 Å². The van der Waals surface area contributed by atoms with Crippen LogP contribution in [0.3, 0.4) is 0 Å². The second-order valence-electron chi connectivity index (χ2n) is 8.41. The average Bonchev–Trinajstić information content (AvgIpc) is 3.05. The molecular formula is C24H31N3. The van der Waals surface area contributed by atoms with Crippen LogP contribution in [0.4, 0.5) is 17.2 Å². The van der Waals surface area contributed by atoms with E-state index in [0.717, 1.165) is 18.7 Å². The molecule has 0 saturated heterocycles. The molecule has 2 aliphatic rings. The van der Waals surface area contributed by atoms with E-state index in [1.54, 1.807) is 0 Å². The fourth-order valence-electron chi connectivity index (χ4n) is 5.72. The number of anilines is 3. The minimum atomic E-state index is -0.0747. The minimum absolute atomic E-state index is 0.00280. The molecule has 2 aromatic rings. The Morgan fingerprint density at radius 2 is 1.81 bits per heavy atom. The van der Waals surface area contributed by atoms with E-state index in [4.69, 9.17) is 4.98 Å². The molecule has 27 heavy (non-hydrogen) atoms. The van der Waals surface area contributed by atoms with Crippen molar-refractivity contribution in [1.29, 1.82) is 0 Å². The number of rotatable bonds is 4. The van der Waals surface area contributed by atoms with Crippen LogP contribution in [-0.2, 0) is 5.41 Å². The Kier molecular flexibility index (Phi) is 4.10. The van der Waals surface area contributed by atoms with Crippen LogP contribution in [0.5, 0.6) is 0 Å². The molecule has 0 aliphatic carbocycles. The van der Waals surface area contributed by atoms with Gasteiger partial charge < -0.3 is 9.80 Å². The predicted molar refractivity (Wildman–Crippen MR) is 115 cm³/mol. The number of pyridine rings is 1. The summed E-state index contributed by atoms with van der Waals surface area (Å²) in [5.74, 6) is 1.08. The van der Waals surface area contributed by atoms with Gasteiger partial charge in [-0.3, -0.25) is 0 Å². The van der Waals surface area contributed by atoms with Gasteiger partial charge in [0.1, 0.15) is 6.17 Å². The summed E-state index contributed by atoms with van der Waals surface area (Å²) in [6.07, 6.45) is 6.47. The minimum Gasteiger partial charge on any atom is -0.345 e. The molecule has 3 heteroatoms. The molecule has 4 rings (SSSR count). The van der Waals surface area contributed by atoms with E-state index in [9.17, 15) is 0 Å². The van der Waals surface area contributed by atoms with E-state index in [-0.39, 0.29) is 17.0 Å². The first kappa shape index (κ1) is 18.1. The van der Waals surface area contributed by atoms with Gasteiger partial charge in [-0.15, -0.1) is 6.58 Å². The molecule has 3 atom stereocenters. The highest BCUT2D eigenvalue weighted by Crippen LogP contribution is 2.63. The van der Waals surface area contributed by atoms with E-state index < -0.39 is 0 Å². The van der Waals surface area contributed by atoms with Crippen molar-refractivity contribution in [3.63, 3.8) is 0 Å². The number of hydrogen-bond acceptors (Lipinski definition) is 3. The van der Waals surface area contributed by atoms with Crippen LogP contribution in [0.25, 0.3) is 0 Å². The van der Waals surface area contributed by atoms with E-state index in [0.29, 0.717) is 6.04 Å². The van der Waals surface area contributed by atoms with E-state index in [2.05, 4.69) is 93.5 Å². The Balaban J connectivity index is 2.11. The summed E-state index contributed by atoms with van der Waals surface area (Å²) >= 11 is 0. The third-order valence-electron chi connectivity index (χ3n) is 7.21. The van der Waals surface area contributed by atoms with Gasteiger partial charge in [-0.25, -0.2) is 4.98 Å². The zero-order chi connectivity index (χ0) is 19.4. The molecule has 0 fully saturated rings. The molecule has 0 bridgehead atoms. The maximum atomic E-state index is 4.83. The molecule has 2 aliphatic heterocycles. The lowest BCUT2D eigenvalue weighted by Crippen LogP contribution is -2.64. The lowest BCUT2D eigenvalue weighted by Gasteiger charge is -2.59. The Morgan fingerprint density at radius 1 is 1.11 bits per heavy atom. The summed E-state index contributed by atoms with van der Waals surface area (Å²) in [7, 11) is 0. The van der Waals surface area contributed by atoms with Crippen LogP contribution in [-0.4, -0.2) is 17.2 Å². The van der Waals surface area contributed by atoms with Crippen molar-refractivity contribution in [2.24, 2.45) is 5.41 Å². The quantitative estimate of drug-likeness (QED) is 0.619.